The van der Waals surface area contributed by atoms with E-state index < -0.39 is 0 Å². The molecule has 1 aliphatic heterocycles. The molecule has 3 heterocycles. The van der Waals surface area contributed by atoms with Crippen LogP contribution >= 0.6 is 0 Å². The molecule has 0 bridgehead atoms. The molecule has 3 rings (SSSR count). The van der Waals surface area contributed by atoms with Crippen LogP contribution in [-0.2, 0) is 24.9 Å². The van der Waals surface area contributed by atoms with Gasteiger partial charge in [-0.05, 0) is 32.9 Å². The van der Waals surface area contributed by atoms with Crippen LogP contribution < -0.4 is 5.32 Å². The van der Waals surface area contributed by atoms with Crippen molar-refractivity contribution >= 4 is 5.91 Å². The third-order valence-electron chi connectivity index (χ3n) is 4.08. The number of hydrogen-bond acceptors (Lipinski definition) is 4. The maximum atomic E-state index is 12.5. The van der Waals surface area contributed by atoms with E-state index >= 15 is 0 Å². The molecule has 0 fully saturated rings. The topological polar surface area (TPSA) is 68.0 Å². The monoisotopic (exact) mass is 316 g/mol. The Morgan fingerprint density at radius 2 is 2.26 bits per heavy atom. The van der Waals surface area contributed by atoms with Gasteiger partial charge in [-0.3, -0.25) is 19.1 Å². The van der Waals surface area contributed by atoms with Crippen molar-refractivity contribution in [2.24, 2.45) is 7.05 Å². The van der Waals surface area contributed by atoms with Crippen molar-refractivity contribution in [2.45, 2.75) is 45.9 Å². The minimum Gasteiger partial charge on any atom is -0.352 e. The summed E-state index contributed by atoms with van der Waals surface area (Å²) >= 11 is 0. The van der Waals surface area contributed by atoms with Crippen molar-refractivity contribution in [1.82, 2.24) is 29.8 Å². The summed E-state index contributed by atoms with van der Waals surface area (Å²) in [7, 11) is 1.96. The van der Waals surface area contributed by atoms with Crippen LogP contribution in [0.3, 0.4) is 0 Å². The summed E-state index contributed by atoms with van der Waals surface area (Å²) in [5.74, 6) is 0.0239. The Balaban J connectivity index is 1.80. The first-order valence-corrected chi connectivity index (χ1v) is 7.98. The summed E-state index contributed by atoms with van der Waals surface area (Å²) in [4.78, 5) is 14.8. The first-order chi connectivity index (χ1) is 10.9. The third kappa shape index (κ3) is 3.29. The standard InChI is InChI=1S/C16H24N6O/c1-11(2)18-16(23)15-10-21(8-13-5-6-17-22(13)15)9-14-7-12(3)19-20(14)4/h5-7,11,15H,8-10H2,1-4H3,(H,18,23). The van der Waals surface area contributed by atoms with Crippen LogP contribution in [0.1, 0.15) is 37.0 Å². The molecule has 0 aliphatic carbocycles. The van der Waals surface area contributed by atoms with Gasteiger partial charge >= 0.3 is 0 Å². The quantitative estimate of drug-likeness (QED) is 0.914. The molecule has 1 amide bonds. The van der Waals surface area contributed by atoms with E-state index in [0.29, 0.717) is 6.54 Å². The molecular formula is C16H24N6O. The lowest BCUT2D eigenvalue weighted by Crippen LogP contribution is -2.46. The zero-order chi connectivity index (χ0) is 16.6. The van der Waals surface area contributed by atoms with E-state index in [2.05, 4.69) is 26.5 Å². The Morgan fingerprint density at radius 1 is 1.48 bits per heavy atom. The van der Waals surface area contributed by atoms with Crippen LogP contribution in [0.15, 0.2) is 18.3 Å². The molecule has 0 spiro atoms. The highest BCUT2D eigenvalue weighted by Crippen LogP contribution is 2.22. The van der Waals surface area contributed by atoms with E-state index in [0.717, 1.165) is 30.2 Å². The number of hydrogen-bond donors (Lipinski definition) is 1. The van der Waals surface area contributed by atoms with Crippen molar-refractivity contribution in [3.8, 4) is 0 Å². The molecule has 1 atom stereocenters. The van der Waals surface area contributed by atoms with Gasteiger partial charge in [0.1, 0.15) is 6.04 Å². The zero-order valence-corrected chi connectivity index (χ0v) is 14.2. The Bertz CT molecular complexity index is 701. The lowest BCUT2D eigenvalue weighted by Gasteiger charge is -2.33. The number of rotatable bonds is 4. The lowest BCUT2D eigenvalue weighted by molar-refractivity contribution is -0.126. The van der Waals surface area contributed by atoms with Crippen molar-refractivity contribution in [1.29, 1.82) is 0 Å². The number of carbonyl (C=O) groups is 1. The second kappa shape index (κ2) is 6.16. The van der Waals surface area contributed by atoms with Crippen LogP contribution in [0.25, 0.3) is 0 Å². The second-order valence-electron chi connectivity index (χ2n) is 6.52. The fourth-order valence-electron chi connectivity index (χ4n) is 3.10. The maximum absolute atomic E-state index is 12.5. The number of carbonyl (C=O) groups excluding carboxylic acids is 1. The average molecular weight is 316 g/mol. The van der Waals surface area contributed by atoms with Crippen LogP contribution in [-0.4, -0.2) is 43.0 Å². The molecule has 0 saturated carbocycles. The molecule has 124 valence electrons. The fraction of sp³-hybridized carbons (Fsp3) is 0.562. The Kier molecular flexibility index (Phi) is 4.21. The van der Waals surface area contributed by atoms with Crippen molar-refractivity contribution in [2.75, 3.05) is 6.54 Å². The Morgan fingerprint density at radius 3 is 2.91 bits per heavy atom. The highest BCUT2D eigenvalue weighted by Gasteiger charge is 2.31. The molecule has 0 saturated heterocycles. The molecule has 2 aromatic rings. The first-order valence-electron chi connectivity index (χ1n) is 7.98. The normalized spacial score (nSPS) is 18.2. The van der Waals surface area contributed by atoms with Gasteiger partial charge in [0.05, 0.1) is 17.1 Å². The number of aromatic nitrogens is 4. The van der Waals surface area contributed by atoms with Crippen molar-refractivity contribution in [3.05, 3.63) is 35.4 Å². The summed E-state index contributed by atoms with van der Waals surface area (Å²) in [6.45, 7) is 8.15. The number of aryl methyl sites for hydroxylation is 2. The van der Waals surface area contributed by atoms with E-state index in [1.165, 1.54) is 0 Å². The predicted molar refractivity (Wildman–Crippen MR) is 86.6 cm³/mol. The molecule has 7 nitrogen and oxygen atoms in total. The van der Waals surface area contributed by atoms with Crippen molar-refractivity contribution in [3.63, 3.8) is 0 Å². The van der Waals surface area contributed by atoms with Crippen LogP contribution in [0, 0.1) is 6.92 Å². The SMILES string of the molecule is Cc1cc(CN2Cc3ccnn3C(C(=O)NC(C)C)C2)n(C)n1. The van der Waals surface area contributed by atoms with Gasteiger partial charge in [-0.2, -0.15) is 10.2 Å². The summed E-state index contributed by atoms with van der Waals surface area (Å²) in [5, 5.41) is 11.7. The summed E-state index contributed by atoms with van der Waals surface area (Å²) in [6.07, 6.45) is 1.77. The summed E-state index contributed by atoms with van der Waals surface area (Å²) in [5.41, 5.74) is 3.23. The summed E-state index contributed by atoms with van der Waals surface area (Å²) in [6, 6.07) is 3.91. The van der Waals surface area contributed by atoms with Gasteiger partial charge < -0.3 is 5.32 Å². The van der Waals surface area contributed by atoms with E-state index in [-0.39, 0.29) is 18.0 Å². The fourth-order valence-corrected chi connectivity index (χ4v) is 3.10. The predicted octanol–water partition coefficient (Wildman–Crippen LogP) is 1.01. The number of nitrogens with one attached hydrogen (secondary N) is 1. The van der Waals surface area contributed by atoms with Gasteiger partial charge in [-0.15, -0.1) is 0 Å². The maximum Gasteiger partial charge on any atom is 0.246 e. The van der Waals surface area contributed by atoms with Crippen LogP contribution in [0.4, 0.5) is 0 Å². The van der Waals surface area contributed by atoms with E-state index in [1.807, 2.05) is 43.2 Å². The number of nitrogens with zero attached hydrogens (tertiary/aromatic N) is 5. The van der Waals surface area contributed by atoms with Gasteiger partial charge in [0.15, 0.2) is 0 Å². The van der Waals surface area contributed by atoms with E-state index in [9.17, 15) is 4.79 Å². The summed E-state index contributed by atoms with van der Waals surface area (Å²) < 4.78 is 3.76. The van der Waals surface area contributed by atoms with Crippen molar-refractivity contribution < 1.29 is 4.79 Å². The van der Waals surface area contributed by atoms with Gasteiger partial charge in [0.25, 0.3) is 0 Å². The minimum atomic E-state index is -0.287. The van der Waals surface area contributed by atoms with E-state index in [1.54, 1.807) is 6.20 Å². The first kappa shape index (κ1) is 15.7. The largest absolute Gasteiger partial charge is 0.352 e. The molecular weight excluding hydrogens is 292 g/mol. The highest BCUT2D eigenvalue weighted by atomic mass is 16.2. The van der Waals surface area contributed by atoms with E-state index in [4.69, 9.17) is 0 Å². The Labute approximate surface area is 136 Å². The van der Waals surface area contributed by atoms with Gasteiger partial charge in [-0.25, -0.2) is 0 Å². The van der Waals surface area contributed by atoms with Gasteiger partial charge in [0, 0.05) is 38.9 Å². The molecule has 7 heteroatoms. The molecule has 1 aliphatic rings. The molecule has 0 radical (unpaired) electrons. The molecule has 1 N–H and O–H groups in total. The second-order valence-corrected chi connectivity index (χ2v) is 6.52. The lowest BCUT2D eigenvalue weighted by atomic mass is 10.1. The highest BCUT2D eigenvalue weighted by molar-refractivity contribution is 5.80. The average Bonchev–Trinajstić information content (AvgIpc) is 3.04. The molecule has 23 heavy (non-hydrogen) atoms. The number of fused-ring (bicyclic) bond motifs is 1. The minimum absolute atomic E-state index is 0.0239. The zero-order valence-electron chi connectivity index (χ0n) is 14.2. The molecule has 0 aromatic carbocycles. The van der Waals surface area contributed by atoms with Crippen LogP contribution in [0.5, 0.6) is 0 Å². The van der Waals surface area contributed by atoms with Crippen LogP contribution in [0.2, 0.25) is 0 Å². The smallest absolute Gasteiger partial charge is 0.246 e. The molecule has 2 aromatic heterocycles. The Hall–Kier alpha value is -2.15. The third-order valence-corrected chi connectivity index (χ3v) is 4.08. The molecule has 1 unspecified atom stereocenters. The number of amides is 1. The van der Waals surface area contributed by atoms with Gasteiger partial charge in [-0.1, -0.05) is 0 Å². The van der Waals surface area contributed by atoms with Gasteiger partial charge in [0.2, 0.25) is 5.91 Å².